The second-order valence-corrected chi connectivity index (χ2v) is 10.1. The van der Waals surface area contributed by atoms with Crippen molar-refractivity contribution < 1.29 is 9.90 Å². The lowest BCUT2D eigenvalue weighted by Crippen LogP contribution is -2.07. The number of carboxylic acid groups (broad SMARTS) is 1. The van der Waals surface area contributed by atoms with E-state index in [1.165, 1.54) is 0 Å². The number of rotatable bonds is 7. The molecule has 0 radical (unpaired) electrons. The number of nitrogens with zero attached hydrogens (tertiary/aromatic N) is 4. The number of hydrogen-bond acceptors (Lipinski definition) is 3. The second kappa shape index (κ2) is 9.87. The van der Waals surface area contributed by atoms with Gasteiger partial charge in [0.1, 0.15) is 11.6 Å². The van der Waals surface area contributed by atoms with E-state index in [2.05, 4.69) is 41.2 Å². The van der Waals surface area contributed by atoms with Gasteiger partial charge in [-0.2, -0.15) is 0 Å². The third-order valence-corrected chi connectivity index (χ3v) is 7.38. The van der Waals surface area contributed by atoms with Crippen molar-refractivity contribution in [3.8, 4) is 22.5 Å². The quantitative estimate of drug-likeness (QED) is 0.243. The average Bonchev–Trinajstić information content (AvgIpc) is 3.47. The number of benzene rings is 4. The Kier molecular flexibility index (Phi) is 6.23. The Morgan fingerprint density at radius 2 is 1.64 bits per heavy atom. The van der Waals surface area contributed by atoms with Crippen LogP contribution < -0.4 is 0 Å². The molecule has 0 aliphatic heterocycles. The van der Waals surface area contributed by atoms with Crippen molar-refractivity contribution in [2.75, 3.05) is 0 Å². The summed E-state index contributed by atoms with van der Waals surface area (Å²) in [5.41, 5.74) is 9.03. The Bertz CT molecular complexity index is 1850. The van der Waals surface area contributed by atoms with Gasteiger partial charge < -0.3 is 14.2 Å². The monoisotopic (exact) mass is 514 g/mol. The van der Waals surface area contributed by atoms with Gasteiger partial charge in [0, 0.05) is 25.6 Å². The molecule has 194 valence electrons. The first kappa shape index (κ1) is 24.6. The molecule has 2 aromatic heterocycles. The van der Waals surface area contributed by atoms with Gasteiger partial charge >= 0.3 is 5.97 Å². The van der Waals surface area contributed by atoms with E-state index in [0.29, 0.717) is 12.1 Å². The number of aromatic nitrogens is 4. The molecule has 4 aromatic carbocycles. The zero-order valence-corrected chi connectivity index (χ0v) is 22.3. The highest BCUT2D eigenvalue weighted by molar-refractivity contribution is 5.96. The molecule has 2 heterocycles. The Labute approximate surface area is 227 Å². The number of aryl methyl sites for hydroxylation is 3. The van der Waals surface area contributed by atoms with E-state index in [1.807, 2.05) is 67.7 Å². The van der Waals surface area contributed by atoms with Gasteiger partial charge in [0.15, 0.2) is 0 Å². The van der Waals surface area contributed by atoms with Crippen molar-refractivity contribution in [3.63, 3.8) is 0 Å². The maximum atomic E-state index is 12.3. The Hall–Kier alpha value is -4.71. The highest BCUT2D eigenvalue weighted by Crippen LogP contribution is 2.31. The first-order valence-corrected chi connectivity index (χ1v) is 13.3. The van der Waals surface area contributed by atoms with Gasteiger partial charge in [-0.1, -0.05) is 61.5 Å². The Morgan fingerprint density at radius 1 is 0.872 bits per heavy atom. The largest absolute Gasteiger partial charge is 0.478 e. The predicted molar refractivity (Wildman–Crippen MR) is 156 cm³/mol. The molecule has 39 heavy (non-hydrogen) atoms. The molecule has 0 aliphatic rings. The Balaban J connectivity index is 1.48. The van der Waals surface area contributed by atoms with Crippen LogP contribution >= 0.6 is 0 Å². The fraction of sp³-hybridized carbons (Fsp3) is 0.182. The van der Waals surface area contributed by atoms with Crippen molar-refractivity contribution in [2.24, 2.45) is 7.05 Å². The summed E-state index contributed by atoms with van der Waals surface area (Å²) in [6.45, 7) is 4.78. The molecule has 6 heteroatoms. The van der Waals surface area contributed by atoms with Crippen molar-refractivity contribution in [1.29, 1.82) is 0 Å². The van der Waals surface area contributed by atoms with Crippen LogP contribution in [0.3, 0.4) is 0 Å². The number of carboxylic acids is 1. The second-order valence-electron chi connectivity index (χ2n) is 10.1. The SMILES string of the molecule is CCCc1nc2c(C)cc(-c3nc4ccccc4n3C)cc2n1Cc1ccc(-c2ccccc2)c(C(=O)O)c1. The smallest absolute Gasteiger partial charge is 0.336 e. The van der Waals surface area contributed by atoms with Gasteiger partial charge in [-0.3, -0.25) is 0 Å². The van der Waals surface area contributed by atoms with Crippen LogP contribution in [-0.2, 0) is 20.0 Å². The van der Waals surface area contributed by atoms with Gasteiger partial charge in [0.2, 0.25) is 0 Å². The summed E-state index contributed by atoms with van der Waals surface area (Å²) < 4.78 is 4.37. The molecule has 0 aliphatic carbocycles. The summed E-state index contributed by atoms with van der Waals surface area (Å²) >= 11 is 0. The van der Waals surface area contributed by atoms with Crippen LogP contribution in [-0.4, -0.2) is 30.2 Å². The lowest BCUT2D eigenvalue weighted by Gasteiger charge is -2.13. The summed E-state index contributed by atoms with van der Waals surface area (Å²) in [6.07, 6.45) is 1.80. The van der Waals surface area contributed by atoms with E-state index in [9.17, 15) is 9.90 Å². The van der Waals surface area contributed by atoms with E-state index >= 15 is 0 Å². The van der Waals surface area contributed by atoms with Gasteiger partial charge in [0.05, 0.1) is 27.6 Å². The fourth-order valence-electron chi connectivity index (χ4n) is 5.48. The van der Waals surface area contributed by atoms with Gasteiger partial charge in [0.25, 0.3) is 0 Å². The number of imidazole rings is 2. The van der Waals surface area contributed by atoms with Crippen LogP contribution in [0.5, 0.6) is 0 Å². The van der Waals surface area contributed by atoms with Crippen LogP contribution in [0, 0.1) is 6.92 Å². The topological polar surface area (TPSA) is 72.9 Å². The standard InChI is InChI=1S/C33H30N4O2/c1-4-10-30-35-31-21(2)17-24(32-34-27-13-8-9-14-28(27)36(32)3)19-29(31)37(30)20-22-15-16-25(26(18-22)33(38)39)23-11-6-5-7-12-23/h5-9,11-19H,4,10,20H2,1-3H3,(H,38,39). The fourth-order valence-corrected chi connectivity index (χ4v) is 5.48. The van der Waals surface area contributed by atoms with Crippen molar-refractivity contribution in [1.82, 2.24) is 19.1 Å². The molecule has 1 N–H and O–H groups in total. The van der Waals surface area contributed by atoms with Crippen LogP contribution in [0.25, 0.3) is 44.6 Å². The number of carbonyl (C=O) groups is 1. The highest BCUT2D eigenvalue weighted by atomic mass is 16.4. The van der Waals surface area contributed by atoms with E-state index in [-0.39, 0.29) is 0 Å². The van der Waals surface area contributed by atoms with Crippen LogP contribution in [0.4, 0.5) is 0 Å². The number of aromatic carboxylic acids is 1. The average molecular weight is 515 g/mol. The minimum absolute atomic E-state index is 0.303. The van der Waals surface area contributed by atoms with Gasteiger partial charge in [-0.15, -0.1) is 0 Å². The lowest BCUT2D eigenvalue weighted by molar-refractivity contribution is 0.0697. The Morgan fingerprint density at radius 3 is 2.38 bits per heavy atom. The molecule has 6 rings (SSSR count). The molecule has 0 spiro atoms. The van der Waals surface area contributed by atoms with Crippen LogP contribution in [0.15, 0.2) is 84.9 Å². The first-order valence-electron chi connectivity index (χ1n) is 13.3. The molecule has 6 aromatic rings. The summed E-state index contributed by atoms with van der Waals surface area (Å²) in [5.74, 6) is 0.980. The molecule has 0 saturated carbocycles. The van der Waals surface area contributed by atoms with Crippen molar-refractivity contribution in [3.05, 3.63) is 107 Å². The van der Waals surface area contributed by atoms with E-state index in [4.69, 9.17) is 9.97 Å². The van der Waals surface area contributed by atoms with E-state index in [0.717, 1.165) is 74.4 Å². The number of hydrogen-bond donors (Lipinski definition) is 1. The number of para-hydroxylation sites is 2. The first-order chi connectivity index (χ1) is 18.9. The molecule has 0 bridgehead atoms. The summed E-state index contributed by atoms with van der Waals surface area (Å²) in [7, 11) is 2.05. The summed E-state index contributed by atoms with van der Waals surface area (Å²) in [4.78, 5) is 22.2. The van der Waals surface area contributed by atoms with Crippen LogP contribution in [0.2, 0.25) is 0 Å². The zero-order chi connectivity index (χ0) is 27.1. The van der Waals surface area contributed by atoms with Gasteiger partial charge in [-0.25, -0.2) is 14.8 Å². The van der Waals surface area contributed by atoms with Gasteiger partial charge in [-0.05, 0) is 65.9 Å². The highest BCUT2D eigenvalue weighted by Gasteiger charge is 2.18. The van der Waals surface area contributed by atoms with Crippen LogP contribution in [0.1, 0.15) is 40.7 Å². The number of fused-ring (bicyclic) bond motifs is 2. The third kappa shape index (κ3) is 4.38. The summed E-state index contributed by atoms with van der Waals surface area (Å²) in [5, 5.41) is 10.0. The molecule has 0 atom stereocenters. The maximum Gasteiger partial charge on any atom is 0.336 e. The minimum Gasteiger partial charge on any atom is -0.478 e. The van der Waals surface area contributed by atoms with E-state index < -0.39 is 5.97 Å². The molecular formula is C33H30N4O2. The summed E-state index contributed by atoms with van der Waals surface area (Å²) in [6, 6.07) is 27.9. The van der Waals surface area contributed by atoms with Crippen molar-refractivity contribution >= 4 is 28.0 Å². The van der Waals surface area contributed by atoms with Crippen molar-refractivity contribution in [2.45, 2.75) is 33.2 Å². The van der Waals surface area contributed by atoms with E-state index in [1.54, 1.807) is 6.07 Å². The molecule has 0 fully saturated rings. The molecule has 0 saturated heterocycles. The lowest BCUT2D eigenvalue weighted by atomic mass is 9.97. The third-order valence-electron chi connectivity index (χ3n) is 7.38. The zero-order valence-electron chi connectivity index (χ0n) is 22.3. The predicted octanol–water partition coefficient (Wildman–Crippen LogP) is 7.26. The molecule has 0 amide bonds. The minimum atomic E-state index is -0.931. The normalized spacial score (nSPS) is 11.5. The molecule has 0 unspecified atom stereocenters. The molecular weight excluding hydrogens is 484 g/mol. The maximum absolute atomic E-state index is 12.3. The molecule has 6 nitrogen and oxygen atoms in total.